The van der Waals surface area contributed by atoms with E-state index in [2.05, 4.69) is 36.4 Å². The van der Waals surface area contributed by atoms with Crippen molar-refractivity contribution in [1.29, 1.82) is 0 Å². The Morgan fingerprint density at radius 3 is 2.27 bits per heavy atom. The molecule has 0 N–H and O–H groups in total. The third kappa shape index (κ3) is 1.08. The van der Waals surface area contributed by atoms with Gasteiger partial charge in [0, 0.05) is 0 Å². The van der Waals surface area contributed by atoms with Crippen molar-refractivity contribution in [2.45, 2.75) is 19.3 Å². The van der Waals surface area contributed by atoms with Crippen LogP contribution < -0.4 is 0 Å². The molecule has 0 aromatic heterocycles. The van der Waals surface area contributed by atoms with Gasteiger partial charge in [-0.05, 0) is 48.5 Å². The highest BCUT2D eigenvalue weighted by Gasteiger charge is 2.60. The first kappa shape index (κ1) is 8.15. The number of hydrogen-bond acceptors (Lipinski definition) is 0. The molecule has 3 fully saturated rings. The van der Waals surface area contributed by atoms with E-state index in [4.69, 9.17) is 0 Å². The summed E-state index contributed by atoms with van der Waals surface area (Å²) in [6, 6.07) is 10.8. The number of benzene rings is 1. The molecule has 0 nitrogen and oxygen atoms in total. The van der Waals surface area contributed by atoms with Gasteiger partial charge in [0.15, 0.2) is 0 Å². The zero-order chi connectivity index (χ0) is 9.83. The lowest BCUT2D eigenvalue weighted by molar-refractivity contribution is 0.456. The number of hydrogen-bond donors (Lipinski definition) is 0. The topological polar surface area (TPSA) is 0 Å². The second-order valence-electron chi connectivity index (χ2n) is 5.44. The van der Waals surface area contributed by atoms with Crippen LogP contribution in [0.4, 0.5) is 0 Å². The smallest absolute Gasteiger partial charge is 0.00998 e. The standard InChI is InChI=1S/C15H16/c1-2-4-10(5-3-1)8-13-14-11-6-7-12(9-11)15(13)14/h1-5,8,11-12,14-15H,6-7,9H2. The van der Waals surface area contributed by atoms with Crippen molar-refractivity contribution in [3.05, 3.63) is 41.5 Å². The quantitative estimate of drug-likeness (QED) is 0.641. The van der Waals surface area contributed by atoms with E-state index in [0.29, 0.717) is 0 Å². The van der Waals surface area contributed by atoms with Gasteiger partial charge in [0.1, 0.15) is 0 Å². The van der Waals surface area contributed by atoms with E-state index in [1.807, 2.05) is 0 Å². The maximum Gasteiger partial charge on any atom is -0.00998 e. The van der Waals surface area contributed by atoms with Crippen LogP contribution in [0.2, 0.25) is 0 Å². The molecule has 0 heterocycles. The van der Waals surface area contributed by atoms with Gasteiger partial charge in [-0.25, -0.2) is 0 Å². The van der Waals surface area contributed by atoms with Crippen LogP contribution >= 0.6 is 0 Å². The fourth-order valence-electron chi connectivity index (χ4n) is 4.10. The van der Waals surface area contributed by atoms with E-state index >= 15 is 0 Å². The molecule has 0 spiro atoms. The molecule has 1 aromatic carbocycles. The Bertz CT molecular complexity index is 397. The molecule has 4 unspecified atom stereocenters. The molecule has 3 saturated carbocycles. The summed E-state index contributed by atoms with van der Waals surface area (Å²) in [5, 5.41) is 0. The second-order valence-corrected chi connectivity index (χ2v) is 5.44. The first-order valence-electron chi connectivity index (χ1n) is 6.20. The van der Waals surface area contributed by atoms with Crippen LogP contribution in [-0.2, 0) is 0 Å². The van der Waals surface area contributed by atoms with Crippen LogP contribution in [0, 0.1) is 23.7 Å². The molecule has 0 amide bonds. The van der Waals surface area contributed by atoms with Crippen molar-refractivity contribution in [3.8, 4) is 0 Å². The summed E-state index contributed by atoms with van der Waals surface area (Å²) >= 11 is 0. The van der Waals surface area contributed by atoms with Gasteiger partial charge in [0.05, 0.1) is 0 Å². The maximum absolute atomic E-state index is 2.46. The van der Waals surface area contributed by atoms with Crippen molar-refractivity contribution >= 4 is 6.08 Å². The Kier molecular flexibility index (Phi) is 1.49. The van der Waals surface area contributed by atoms with E-state index in [9.17, 15) is 0 Å². The zero-order valence-electron chi connectivity index (χ0n) is 8.89. The molecule has 76 valence electrons. The molecule has 0 saturated heterocycles. The van der Waals surface area contributed by atoms with E-state index in [-0.39, 0.29) is 0 Å². The van der Waals surface area contributed by atoms with Crippen molar-refractivity contribution in [2.24, 2.45) is 23.7 Å². The van der Waals surface area contributed by atoms with Gasteiger partial charge in [-0.1, -0.05) is 42.0 Å². The van der Waals surface area contributed by atoms with Gasteiger partial charge >= 0.3 is 0 Å². The van der Waals surface area contributed by atoms with Crippen LogP contribution in [0.5, 0.6) is 0 Å². The summed E-state index contributed by atoms with van der Waals surface area (Å²) in [4.78, 5) is 0. The first-order valence-corrected chi connectivity index (χ1v) is 6.20. The average molecular weight is 196 g/mol. The van der Waals surface area contributed by atoms with E-state index in [0.717, 1.165) is 23.7 Å². The monoisotopic (exact) mass is 196 g/mol. The SMILES string of the molecule is C(=C1C2C3CCC(C3)C12)c1ccccc1. The fourth-order valence-corrected chi connectivity index (χ4v) is 4.10. The Hall–Kier alpha value is -1.04. The summed E-state index contributed by atoms with van der Waals surface area (Å²) in [5.74, 6) is 4.14. The van der Waals surface area contributed by atoms with Crippen LogP contribution in [0.3, 0.4) is 0 Å². The van der Waals surface area contributed by atoms with Gasteiger partial charge in [0.25, 0.3) is 0 Å². The van der Waals surface area contributed by atoms with E-state index in [1.54, 1.807) is 12.0 Å². The third-order valence-corrected chi connectivity index (χ3v) is 4.71. The molecule has 1 aromatic rings. The molecule has 3 aliphatic rings. The van der Waals surface area contributed by atoms with Crippen molar-refractivity contribution in [1.82, 2.24) is 0 Å². The summed E-state index contributed by atoms with van der Waals surface area (Å²) in [6.45, 7) is 0. The van der Waals surface area contributed by atoms with Gasteiger partial charge in [-0.3, -0.25) is 0 Å². The van der Waals surface area contributed by atoms with Crippen LogP contribution in [0.25, 0.3) is 6.08 Å². The van der Waals surface area contributed by atoms with Gasteiger partial charge in [-0.2, -0.15) is 0 Å². The summed E-state index contributed by atoms with van der Waals surface area (Å²) in [5.41, 5.74) is 3.18. The van der Waals surface area contributed by atoms with Gasteiger partial charge < -0.3 is 0 Å². The molecule has 0 heteroatoms. The predicted octanol–water partition coefficient (Wildman–Crippen LogP) is 3.75. The average Bonchev–Trinajstić information content (AvgIpc) is 2.71. The fraction of sp³-hybridized carbons (Fsp3) is 0.467. The minimum Gasteiger partial charge on any atom is -0.0622 e. The molecule has 0 radical (unpaired) electrons. The molecule has 15 heavy (non-hydrogen) atoms. The summed E-state index contributed by atoms with van der Waals surface area (Å²) in [7, 11) is 0. The summed E-state index contributed by atoms with van der Waals surface area (Å²) in [6.07, 6.45) is 7.03. The molecular formula is C15H16. The lowest BCUT2D eigenvalue weighted by Gasteiger charge is -2.03. The number of fused-ring (bicyclic) bond motifs is 5. The molecule has 4 rings (SSSR count). The predicted molar refractivity (Wildman–Crippen MR) is 62.2 cm³/mol. The molecule has 2 bridgehead atoms. The van der Waals surface area contributed by atoms with Crippen LogP contribution in [-0.4, -0.2) is 0 Å². The molecular weight excluding hydrogens is 180 g/mol. The van der Waals surface area contributed by atoms with E-state index in [1.165, 1.54) is 18.4 Å². The highest BCUT2D eigenvalue weighted by Crippen LogP contribution is 2.69. The summed E-state index contributed by atoms with van der Waals surface area (Å²) < 4.78 is 0. The van der Waals surface area contributed by atoms with Crippen LogP contribution in [0.15, 0.2) is 35.9 Å². The van der Waals surface area contributed by atoms with Gasteiger partial charge in [-0.15, -0.1) is 0 Å². The molecule has 3 aliphatic carbocycles. The number of allylic oxidation sites excluding steroid dienone is 1. The largest absolute Gasteiger partial charge is 0.0622 e. The highest BCUT2D eigenvalue weighted by molar-refractivity contribution is 5.60. The van der Waals surface area contributed by atoms with Crippen molar-refractivity contribution < 1.29 is 0 Å². The maximum atomic E-state index is 2.46. The first-order chi connectivity index (χ1) is 7.43. The third-order valence-electron chi connectivity index (χ3n) is 4.71. The zero-order valence-corrected chi connectivity index (χ0v) is 8.89. The lowest BCUT2D eigenvalue weighted by atomic mass is 10.0. The van der Waals surface area contributed by atoms with Gasteiger partial charge in [0.2, 0.25) is 0 Å². The van der Waals surface area contributed by atoms with Crippen LogP contribution in [0.1, 0.15) is 24.8 Å². The lowest BCUT2D eigenvalue weighted by Crippen LogP contribution is -1.95. The minimum absolute atomic E-state index is 1.00. The van der Waals surface area contributed by atoms with Crippen molar-refractivity contribution in [3.63, 3.8) is 0 Å². The highest BCUT2D eigenvalue weighted by atomic mass is 14.6. The normalized spacial score (nSPS) is 40.4. The second kappa shape index (κ2) is 2.75. The Morgan fingerprint density at radius 1 is 0.933 bits per heavy atom. The Balaban J connectivity index is 1.65. The molecule has 0 aliphatic heterocycles. The minimum atomic E-state index is 1.00. The van der Waals surface area contributed by atoms with E-state index < -0.39 is 0 Å². The number of rotatable bonds is 1. The Labute approximate surface area is 91.0 Å². The Morgan fingerprint density at radius 2 is 1.60 bits per heavy atom. The van der Waals surface area contributed by atoms with Crippen molar-refractivity contribution in [2.75, 3.05) is 0 Å². The molecule has 4 atom stereocenters.